The molecule has 0 bridgehead atoms. The van der Waals surface area contributed by atoms with Gasteiger partial charge in [0.2, 0.25) is 0 Å². The maximum absolute atomic E-state index is 13.6. The van der Waals surface area contributed by atoms with Gasteiger partial charge in [-0.15, -0.1) is 16.6 Å². The van der Waals surface area contributed by atoms with E-state index in [-0.39, 0.29) is 35.9 Å². The van der Waals surface area contributed by atoms with Gasteiger partial charge in [0.05, 0.1) is 30.4 Å². The number of carbonyl (C=O) groups excluding carboxylic acids is 1. The number of hydrogen-bond acceptors (Lipinski definition) is 5. The molecule has 0 radical (unpaired) electrons. The largest absolute Gasteiger partial charge is 0.416 e. The summed E-state index contributed by atoms with van der Waals surface area (Å²) in [4.78, 5) is 15.4. The maximum atomic E-state index is 13.6. The summed E-state index contributed by atoms with van der Waals surface area (Å²) in [7, 11) is 3.76. The van der Waals surface area contributed by atoms with E-state index in [1.54, 1.807) is 34.9 Å². The summed E-state index contributed by atoms with van der Waals surface area (Å²) in [6.07, 6.45) is 1.40. The SMILES string of the molecule is C#CCNCc1nnc(C(CC)N(C)C)n1-c1ccc(C(F)(F)F)cc1C(=O)c1ccccc1. The molecule has 1 aromatic heterocycles. The molecule has 0 saturated heterocycles. The second-order valence-electron chi connectivity index (χ2n) is 7.93. The molecule has 0 amide bonds. The molecule has 0 spiro atoms. The van der Waals surface area contributed by atoms with E-state index in [0.717, 1.165) is 12.1 Å². The minimum absolute atomic E-state index is 0.0890. The molecule has 1 atom stereocenters. The second kappa shape index (κ2) is 10.6. The van der Waals surface area contributed by atoms with Crippen LogP contribution < -0.4 is 5.32 Å². The molecule has 0 saturated carbocycles. The van der Waals surface area contributed by atoms with Crippen LogP contribution in [0.25, 0.3) is 5.69 Å². The van der Waals surface area contributed by atoms with E-state index >= 15 is 0 Å². The standard InChI is InChI=1S/C25H26F3N5O/c1-5-14-29-16-22-30-31-24(20(6-2)32(3)4)33(22)21-13-12-18(25(26,27)28)15-19(21)23(34)17-10-8-7-9-11-17/h1,7-13,15,20,29H,6,14,16H2,2-4H3. The van der Waals surface area contributed by atoms with E-state index < -0.39 is 17.5 Å². The number of hydrogen-bond donors (Lipinski definition) is 1. The number of halogens is 3. The van der Waals surface area contributed by atoms with E-state index in [0.29, 0.717) is 18.1 Å². The van der Waals surface area contributed by atoms with E-state index in [2.05, 4.69) is 21.4 Å². The van der Waals surface area contributed by atoms with Crippen molar-refractivity contribution in [1.82, 2.24) is 25.0 Å². The lowest BCUT2D eigenvalue weighted by Gasteiger charge is -2.24. The molecule has 1 unspecified atom stereocenters. The van der Waals surface area contributed by atoms with Crippen molar-refractivity contribution < 1.29 is 18.0 Å². The number of nitrogens with one attached hydrogen (secondary N) is 1. The topological polar surface area (TPSA) is 63.1 Å². The van der Waals surface area contributed by atoms with Crippen LogP contribution in [0.3, 0.4) is 0 Å². The molecule has 1 heterocycles. The zero-order valence-electron chi connectivity index (χ0n) is 19.2. The summed E-state index contributed by atoms with van der Waals surface area (Å²) in [6.45, 7) is 2.47. The molecule has 6 nitrogen and oxygen atoms in total. The Hall–Kier alpha value is -3.48. The van der Waals surface area contributed by atoms with Gasteiger partial charge in [0, 0.05) is 11.1 Å². The Morgan fingerprint density at radius 1 is 1.18 bits per heavy atom. The molecule has 0 fully saturated rings. The highest BCUT2D eigenvalue weighted by molar-refractivity contribution is 6.11. The van der Waals surface area contributed by atoms with Crippen molar-refractivity contribution in [2.45, 2.75) is 32.1 Å². The van der Waals surface area contributed by atoms with Gasteiger partial charge in [0.1, 0.15) is 0 Å². The van der Waals surface area contributed by atoms with Crippen molar-refractivity contribution in [3.8, 4) is 18.0 Å². The highest BCUT2D eigenvalue weighted by Crippen LogP contribution is 2.34. The van der Waals surface area contributed by atoms with E-state index in [1.807, 2.05) is 25.9 Å². The van der Waals surface area contributed by atoms with Crippen molar-refractivity contribution in [3.05, 3.63) is 76.9 Å². The normalized spacial score (nSPS) is 12.5. The van der Waals surface area contributed by atoms with Gasteiger partial charge in [-0.1, -0.05) is 43.2 Å². The fourth-order valence-electron chi connectivity index (χ4n) is 3.78. The smallest absolute Gasteiger partial charge is 0.300 e. The number of aromatic nitrogens is 3. The fourth-order valence-corrected chi connectivity index (χ4v) is 3.78. The average molecular weight is 470 g/mol. The van der Waals surface area contributed by atoms with E-state index in [4.69, 9.17) is 6.42 Å². The first-order chi connectivity index (χ1) is 16.2. The zero-order valence-corrected chi connectivity index (χ0v) is 19.2. The quantitative estimate of drug-likeness (QED) is 0.288. The Morgan fingerprint density at radius 3 is 2.47 bits per heavy atom. The van der Waals surface area contributed by atoms with Crippen molar-refractivity contribution in [3.63, 3.8) is 0 Å². The Balaban J connectivity index is 2.27. The summed E-state index contributed by atoms with van der Waals surface area (Å²) < 4.78 is 42.4. The van der Waals surface area contributed by atoms with Crippen LogP contribution in [0.15, 0.2) is 48.5 Å². The van der Waals surface area contributed by atoms with Gasteiger partial charge in [-0.3, -0.25) is 19.6 Å². The molecule has 0 aliphatic heterocycles. The highest BCUT2D eigenvalue weighted by Gasteiger charge is 2.33. The van der Waals surface area contributed by atoms with Crippen LogP contribution in [0.2, 0.25) is 0 Å². The van der Waals surface area contributed by atoms with Gasteiger partial charge in [-0.05, 0) is 38.7 Å². The molecule has 2 aromatic carbocycles. The number of terminal acetylenes is 1. The van der Waals surface area contributed by atoms with Crippen LogP contribution in [0, 0.1) is 12.3 Å². The van der Waals surface area contributed by atoms with Gasteiger partial charge in [-0.2, -0.15) is 13.2 Å². The minimum Gasteiger partial charge on any atom is -0.300 e. The monoisotopic (exact) mass is 469 g/mol. The predicted octanol–water partition coefficient (Wildman–Crippen LogP) is 4.25. The molecule has 178 valence electrons. The number of ketones is 1. The lowest BCUT2D eigenvalue weighted by molar-refractivity contribution is -0.137. The molecule has 3 aromatic rings. The van der Waals surface area contributed by atoms with Gasteiger partial charge >= 0.3 is 6.18 Å². The van der Waals surface area contributed by atoms with Crippen LogP contribution in [0.5, 0.6) is 0 Å². The molecule has 34 heavy (non-hydrogen) atoms. The molecule has 1 N–H and O–H groups in total. The zero-order chi connectivity index (χ0) is 24.9. The van der Waals surface area contributed by atoms with Crippen LogP contribution in [-0.4, -0.2) is 46.1 Å². The lowest BCUT2D eigenvalue weighted by Crippen LogP contribution is -2.25. The number of nitrogens with zero attached hydrogens (tertiary/aromatic N) is 4. The molecular formula is C25H26F3N5O. The Morgan fingerprint density at radius 2 is 1.88 bits per heavy atom. The minimum atomic E-state index is -4.60. The maximum Gasteiger partial charge on any atom is 0.416 e. The summed E-state index contributed by atoms with van der Waals surface area (Å²) >= 11 is 0. The molecule has 0 aliphatic carbocycles. The summed E-state index contributed by atoms with van der Waals surface area (Å²) in [5.41, 5.74) is -0.435. The fraction of sp³-hybridized carbons (Fsp3) is 0.320. The Labute approximate surface area is 196 Å². The first kappa shape index (κ1) is 25.1. The molecular weight excluding hydrogens is 443 g/mol. The van der Waals surface area contributed by atoms with Gasteiger partial charge < -0.3 is 0 Å². The van der Waals surface area contributed by atoms with E-state index in [9.17, 15) is 18.0 Å². The first-order valence-corrected chi connectivity index (χ1v) is 10.7. The van der Waals surface area contributed by atoms with E-state index in [1.165, 1.54) is 6.07 Å². The predicted molar refractivity (Wildman–Crippen MR) is 123 cm³/mol. The van der Waals surface area contributed by atoms with Crippen molar-refractivity contribution in [2.75, 3.05) is 20.6 Å². The van der Waals surface area contributed by atoms with Crippen LogP contribution in [0.1, 0.15) is 52.5 Å². The number of carbonyl (C=O) groups is 1. The molecule has 0 aliphatic rings. The van der Waals surface area contributed by atoms with Crippen LogP contribution in [0.4, 0.5) is 13.2 Å². The van der Waals surface area contributed by atoms with Crippen molar-refractivity contribution >= 4 is 5.78 Å². The number of alkyl halides is 3. The second-order valence-corrected chi connectivity index (χ2v) is 7.93. The molecule has 3 rings (SSSR count). The van der Waals surface area contributed by atoms with Crippen LogP contribution in [-0.2, 0) is 12.7 Å². The summed E-state index contributed by atoms with van der Waals surface area (Å²) in [5, 5.41) is 11.7. The first-order valence-electron chi connectivity index (χ1n) is 10.7. The van der Waals surface area contributed by atoms with Gasteiger partial charge in [-0.25, -0.2) is 0 Å². The number of rotatable bonds is 9. The third-order valence-electron chi connectivity index (χ3n) is 5.42. The van der Waals surface area contributed by atoms with Crippen molar-refractivity contribution in [2.24, 2.45) is 0 Å². The third kappa shape index (κ3) is 5.35. The summed E-state index contributed by atoms with van der Waals surface area (Å²) in [6, 6.07) is 11.2. The average Bonchev–Trinajstić information content (AvgIpc) is 3.21. The molecule has 9 heteroatoms. The van der Waals surface area contributed by atoms with Gasteiger partial charge in [0.25, 0.3) is 0 Å². The summed E-state index contributed by atoms with van der Waals surface area (Å²) in [5.74, 6) is 2.91. The number of benzene rings is 2. The Kier molecular flexibility index (Phi) is 7.87. The van der Waals surface area contributed by atoms with Crippen LogP contribution >= 0.6 is 0 Å². The Bertz CT molecular complexity index is 1180. The third-order valence-corrected chi connectivity index (χ3v) is 5.42. The highest BCUT2D eigenvalue weighted by atomic mass is 19.4. The lowest BCUT2D eigenvalue weighted by atomic mass is 9.98. The van der Waals surface area contributed by atoms with Gasteiger partial charge in [0.15, 0.2) is 17.4 Å². The van der Waals surface area contributed by atoms with Crippen molar-refractivity contribution in [1.29, 1.82) is 0 Å².